The molecule has 9 nitrogen and oxygen atoms in total. The first kappa shape index (κ1) is 21.6. The number of aryl methyl sites for hydroxylation is 1. The largest absolute Gasteiger partial charge is 0.351 e. The molecule has 0 bridgehead atoms. The van der Waals surface area contributed by atoms with E-state index in [-0.39, 0.29) is 6.04 Å². The molecule has 4 heterocycles. The predicted molar refractivity (Wildman–Crippen MR) is 133 cm³/mol. The molecule has 1 atom stereocenters. The monoisotopic (exact) mass is 453 g/mol. The zero-order chi connectivity index (χ0) is 23.7. The molecule has 172 valence electrons. The molecule has 34 heavy (non-hydrogen) atoms. The molecule has 1 fully saturated rings. The van der Waals surface area contributed by atoms with Gasteiger partial charge in [-0.2, -0.15) is 5.26 Å². The van der Waals surface area contributed by atoms with Gasteiger partial charge in [-0.15, -0.1) is 5.10 Å². The molecule has 0 aliphatic carbocycles. The standard InChI is InChI=1S/C25H27N9/c1-17(2)22-15-32(24-10-9-23-27-11-12-34(23)31-24)13-14-33(22)25(28-16-26)30-21-6-4-5-20-19(21)8-7-18(3)29-20/h4-12,17,22H,13-15H2,1-3H3,(H,28,30). The highest BCUT2D eigenvalue weighted by molar-refractivity contribution is 5.94. The normalized spacial score (nSPS) is 16.9. The summed E-state index contributed by atoms with van der Waals surface area (Å²) in [6, 6.07) is 14.1. The SMILES string of the molecule is Cc1ccc2c(N=C(NC#N)N3CCN(c4ccc5nccn5n4)CC3C(C)C)cccc2n1. The number of nitrogens with zero attached hydrogens (tertiary/aromatic N) is 8. The number of hydrogen-bond donors (Lipinski definition) is 1. The van der Waals surface area contributed by atoms with Crippen LogP contribution in [0.1, 0.15) is 19.5 Å². The van der Waals surface area contributed by atoms with Crippen LogP contribution in [-0.2, 0) is 0 Å². The van der Waals surface area contributed by atoms with Gasteiger partial charge in [-0.3, -0.25) is 10.3 Å². The quantitative estimate of drug-likeness (QED) is 0.219. The molecule has 9 heteroatoms. The van der Waals surface area contributed by atoms with E-state index in [0.29, 0.717) is 18.4 Å². The molecule has 3 aromatic heterocycles. The van der Waals surface area contributed by atoms with Gasteiger partial charge >= 0.3 is 0 Å². The van der Waals surface area contributed by atoms with Gasteiger partial charge < -0.3 is 9.80 Å². The van der Waals surface area contributed by atoms with Gasteiger partial charge in [0.25, 0.3) is 0 Å². The maximum Gasteiger partial charge on any atom is 0.213 e. The first-order valence-corrected chi connectivity index (χ1v) is 11.5. The highest BCUT2D eigenvalue weighted by atomic mass is 15.4. The van der Waals surface area contributed by atoms with Crippen LogP contribution < -0.4 is 10.2 Å². The Morgan fingerprint density at radius 1 is 1.18 bits per heavy atom. The molecule has 5 rings (SSSR count). The van der Waals surface area contributed by atoms with Crippen LogP contribution in [0.4, 0.5) is 11.5 Å². The van der Waals surface area contributed by atoms with Gasteiger partial charge in [-0.05, 0) is 49.2 Å². The van der Waals surface area contributed by atoms with Crippen LogP contribution in [-0.4, -0.2) is 56.1 Å². The van der Waals surface area contributed by atoms with Crippen molar-refractivity contribution in [1.29, 1.82) is 5.26 Å². The van der Waals surface area contributed by atoms with E-state index in [9.17, 15) is 5.26 Å². The number of nitriles is 1. The Bertz CT molecular complexity index is 1400. The van der Waals surface area contributed by atoms with Crippen molar-refractivity contribution < 1.29 is 0 Å². The number of aromatic nitrogens is 4. The number of piperazine rings is 1. The lowest BCUT2D eigenvalue weighted by atomic mass is 9.99. The van der Waals surface area contributed by atoms with Crippen LogP contribution in [0.15, 0.2) is 59.9 Å². The van der Waals surface area contributed by atoms with Crippen molar-refractivity contribution in [3.63, 3.8) is 0 Å². The molecule has 1 unspecified atom stereocenters. The third kappa shape index (κ3) is 4.10. The summed E-state index contributed by atoms with van der Waals surface area (Å²) in [7, 11) is 0. The van der Waals surface area contributed by atoms with E-state index in [2.05, 4.69) is 45.1 Å². The molecular weight excluding hydrogens is 426 g/mol. The van der Waals surface area contributed by atoms with E-state index in [0.717, 1.165) is 46.8 Å². The fraction of sp³-hybridized carbons (Fsp3) is 0.320. The van der Waals surface area contributed by atoms with Crippen molar-refractivity contribution >= 4 is 34.0 Å². The minimum absolute atomic E-state index is 0.143. The molecule has 1 aliphatic heterocycles. The lowest BCUT2D eigenvalue weighted by Crippen LogP contribution is -2.59. The van der Waals surface area contributed by atoms with E-state index >= 15 is 0 Å². The van der Waals surface area contributed by atoms with Crippen LogP contribution in [0, 0.1) is 24.3 Å². The highest BCUT2D eigenvalue weighted by Crippen LogP contribution is 2.27. The topological polar surface area (TPSA) is 97.7 Å². The summed E-state index contributed by atoms with van der Waals surface area (Å²) in [4.78, 5) is 18.3. The Labute approximate surface area is 198 Å². The fourth-order valence-corrected chi connectivity index (χ4v) is 4.49. The van der Waals surface area contributed by atoms with Gasteiger partial charge in [-0.25, -0.2) is 14.5 Å². The summed E-state index contributed by atoms with van der Waals surface area (Å²) in [6.07, 6.45) is 5.70. The maximum absolute atomic E-state index is 9.52. The summed E-state index contributed by atoms with van der Waals surface area (Å²) in [5.41, 5.74) is 3.47. The number of anilines is 1. The molecule has 0 amide bonds. The zero-order valence-corrected chi connectivity index (χ0v) is 19.5. The number of imidazole rings is 1. The second-order valence-electron chi connectivity index (χ2n) is 8.84. The van der Waals surface area contributed by atoms with Crippen molar-refractivity contribution in [2.75, 3.05) is 24.5 Å². The lowest BCUT2D eigenvalue weighted by Gasteiger charge is -2.44. The third-order valence-corrected chi connectivity index (χ3v) is 6.27. The third-order valence-electron chi connectivity index (χ3n) is 6.27. The summed E-state index contributed by atoms with van der Waals surface area (Å²) in [6.45, 7) is 8.61. The van der Waals surface area contributed by atoms with Gasteiger partial charge in [-0.1, -0.05) is 19.9 Å². The number of fused-ring (bicyclic) bond motifs is 2. The van der Waals surface area contributed by atoms with Gasteiger partial charge in [0.15, 0.2) is 11.8 Å². The van der Waals surface area contributed by atoms with Crippen molar-refractivity contribution in [3.05, 3.63) is 60.6 Å². The van der Waals surface area contributed by atoms with Crippen LogP contribution in [0.3, 0.4) is 0 Å². The average Bonchev–Trinajstić information content (AvgIpc) is 3.31. The van der Waals surface area contributed by atoms with Crippen LogP contribution >= 0.6 is 0 Å². The number of hydrogen-bond acceptors (Lipinski definition) is 6. The minimum Gasteiger partial charge on any atom is -0.351 e. The Morgan fingerprint density at radius 2 is 2.06 bits per heavy atom. The van der Waals surface area contributed by atoms with Crippen LogP contribution in [0.25, 0.3) is 16.6 Å². The summed E-state index contributed by atoms with van der Waals surface area (Å²) in [5.74, 6) is 1.81. The average molecular weight is 454 g/mol. The number of aliphatic imine (C=N–C) groups is 1. The summed E-state index contributed by atoms with van der Waals surface area (Å²) >= 11 is 0. The summed E-state index contributed by atoms with van der Waals surface area (Å²) in [5, 5.41) is 18.1. The smallest absolute Gasteiger partial charge is 0.213 e. The molecule has 1 aliphatic rings. The molecule has 1 aromatic carbocycles. The van der Waals surface area contributed by atoms with Crippen molar-refractivity contribution in [2.45, 2.75) is 26.8 Å². The van der Waals surface area contributed by atoms with Crippen molar-refractivity contribution in [2.24, 2.45) is 10.9 Å². The first-order chi connectivity index (χ1) is 16.5. The van der Waals surface area contributed by atoms with Gasteiger partial charge in [0, 0.05) is 43.1 Å². The maximum atomic E-state index is 9.52. The van der Waals surface area contributed by atoms with E-state index in [1.54, 1.807) is 10.7 Å². The fourth-order valence-electron chi connectivity index (χ4n) is 4.49. The van der Waals surface area contributed by atoms with Crippen molar-refractivity contribution in [3.8, 4) is 6.19 Å². The predicted octanol–water partition coefficient (Wildman–Crippen LogP) is 3.49. The molecule has 0 saturated carbocycles. The summed E-state index contributed by atoms with van der Waals surface area (Å²) < 4.78 is 1.80. The highest BCUT2D eigenvalue weighted by Gasteiger charge is 2.32. The van der Waals surface area contributed by atoms with E-state index in [1.807, 2.05) is 55.6 Å². The molecular formula is C25H27N9. The number of rotatable bonds is 3. The Hall–Kier alpha value is -4.19. The second-order valence-corrected chi connectivity index (χ2v) is 8.84. The molecule has 0 spiro atoms. The Balaban J connectivity index is 1.47. The number of nitrogens with one attached hydrogen (secondary N) is 1. The number of guanidine groups is 1. The molecule has 4 aromatic rings. The molecule has 1 N–H and O–H groups in total. The number of benzene rings is 1. The van der Waals surface area contributed by atoms with Gasteiger partial charge in [0.05, 0.1) is 17.2 Å². The molecule has 1 saturated heterocycles. The van der Waals surface area contributed by atoms with Gasteiger partial charge in [0.2, 0.25) is 5.96 Å². The van der Waals surface area contributed by atoms with E-state index < -0.39 is 0 Å². The molecule has 0 radical (unpaired) electrons. The first-order valence-electron chi connectivity index (χ1n) is 11.5. The minimum atomic E-state index is 0.143. The van der Waals surface area contributed by atoms with Crippen LogP contribution in [0.2, 0.25) is 0 Å². The number of pyridine rings is 1. The van der Waals surface area contributed by atoms with E-state index in [4.69, 9.17) is 10.1 Å². The van der Waals surface area contributed by atoms with E-state index in [1.165, 1.54) is 0 Å². The lowest BCUT2D eigenvalue weighted by molar-refractivity contribution is 0.219. The second kappa shape index (κ2) is 8.98. The van der Waals surface area contributed by atoms with Crippen LogP contribution in [0.5, 0.6) is 0 Å². The zero-order valence-electron chi connectivity index (χ0n) is 19.5. The van der Waals surface area contributed by atoms with Crippen molar-refractivity contribution in [1.82, 2.24) is 29.8 Å². The Morgan fingerprint density at radius 3 is 2.88 bits per heavy atom. The Kier molecular flexibility index (Phi) is 5.72. The van der Waals surface area contributed by atoms with Gasteiger partial charge in [0.1, 0.15) is 5.82 Å².